The molecule has 120 valence electrons. The van der Waals surface area contributed by atoms with Crippen molar-refractivity contribution in [2.24, 2.45) is 5.10 Å². The predicted molar refractivity (Wildman–Crippen MR) is 93.2 cm³/mol. The van der Waals surface area contributed by atoms with Crippen LogP contribution < -0.4 is 10.2 Å². The maximum Gasteiger partial charge on any atom is 0.277 e. The molecule has 0 spiro atoms. The van der Waals surface area contributed by atoms with Crippen LogP contribution in [0, 0.1) is 6.92 Å². The van der Waals surface area contributed by atoms with Crippen LogP contribution in [0.3, 0.4) is 0 Å². The highest BCUT2D eigenvalue weighted by Crippen LogP contribution is 2.30. The first kappa shape index (κ1) is 17.3. The summed E-state index contributed by atoms with van der Waals surface area (Å²) in [7, 11) is 0. The molecule has 2 N–H and O–H groups in total. The molecule has 1 amide bonds. The van der Waals surface area contributed by atoms with E-state index in [2.05, 4.69) is 26.5 Å². The lowest BCUT2D eigenvalue weighted by Gasteiger charge is -2.06. The average molecular weight is 398 g/mol. The Labute approximate surface area is 147 Å². The van der Waals surface area contributed by atoms with Gasteiger partial charge in [-0.25, -0.2) is 5.43 Å². The van der Waals surface area contributed by atoms with Gasteiger partial charge in [0.05, 0.1) is 11.2 Å². The SMILES string of the molecule is Cc1cccc(OCC(=O)N/N=C/c2cc(Br)cc(Cl)c2O)c1. The average Bonchev–Trinajstić information content (AvgIpc) is 2.50. The zero-order chi connectivity index (χ0) is 16.8. The van der Waals surface area contributed by atoms with E-state index in [0.717, 1.165) is 5.56 Å². The lowest BCUT2D eigenvalue weighted by Crippen LogP contribution is -2.24. The molecular weight excluding hydrogens is 384 g/mol. The molecule has 7 heteroatoms. The van der Waals surface area contributed by atoms with E-state index >= 15 is 0 Å². The minimum Gasteiger partial charge on any atom is -0.506 e. The van der Waals surface area contributed by atoms with Crippen LogP contribution in [-0.2, 0) is 4.79 Å². The number of hydrogen-bond donors (Lipinski definition) is 2. The van der Waals surface area contributed by atoms with Crippen LogP contribution >= 0.6 is 27.5 Å². The van der Waals surface area contributed by atoms with Crippen molar-refractivity contribution >= 4 is 39.7 Å². The molecule has 23 heavy (non-hydrogen) atoms. The van der Waals surface area contributed by atoms with E-state index in [1.54, 1.807) is 18.2 Å². The fraction of sp³-hybridized carbons (Fsp3) is 0.125. The molecule has 2 aromatic carbocycles. The summed E-state index contributed by atoms with van der Waals surface area (Å²) in [5.41, 5.74) is 3.74. The molecule has 5 nitrogen and oxygen atoms in total. The molecule has 0 saturated heterocycles. The Hall–Kier alpha value is -2.05. The topological polar surface area (TPSA) is 70.9 Å². The molecule has 0 aliphatic carbocycles. The van der Waals surface area contributed by atoms with Crippen molar-refractivity contribution in [1.82, 2.24) is 5.43 Å². The fourth-order valence-electron chi connectivity index (χ4n) is 1.74. The highest BCUT2D eigenvalue weighted by Gasteiger charge is 2.06. The minimum absolute atomic E-state index is 0.108. The van der Waals surface area contributed by atoms with Crippen LogP contribution in [0.5, 0.6) is 11.5 Å². The number of carbonyl (C=O) groups is 1. The van der Waals surface area contributed by atoms with Gasteiger partial charge in [0, 0.05) is 10.0 Å². The van der Waals surface area contributed by atoms with Crippen LogP contribution in [0.2, 0.25) is 5.02 Å². The number of nitrogens with one attached hydrogen (secondary N) is 1. The van der Waals surface area contributed by atoms with Crippen molar-refractivity contribution < 1.29 is 14.6 Å². The van der Waals surface area contributed by atoms with Gasteiger partial charge in [-0.3, -0.25) is 4.79 Å². The maximum absolute atomic E-state index is 11.7. The van der Waals surface area contributed by atoms with Gasteiger partial charge in [0.2, 0.25) is 0 Å². The standard InChI is InChI=1S/C16H14BrClN2O3/c1-10-3-2-4-13(5-10)23-9-15(21)20-19-8-11-6-12(17)7-14(18)16(11)22/h2-8,22H,9H2,1H3,(H,20,21)/b19-8+. The first-order chi connectivity index (χ1) is 11.0. The number of carbonyl (C=O) groups excluding carboxylic acids is 1. The highest BCUT2D eigenvalue weighted by atomic mass is 79.9. The van der Waals surface area contributed by atoms with E-state index in [0.29, 0.717) is 15.8 Å². The number of phenolic OH excluding ortho intramolecular Hbond substituents is 1. The molecule has 2 rings (SSSR count). The molecule has 0 atom stereocenters. The molecule has 0 fully saturated rings. The quantitative estimate of drug-likeness (QED) is 0.598. The summed E-state index contributed by atoms with van der Waals surface area (Å²) in [6.45, 7) is 1.78. The van der Waals surface area contributed by atoms with Gasteiger partial charge in [-0.1, -0.05) is 39.7 Å². The number of nitrogens with zero attached hydrogens (tertiary/aromatic N) is 1. The van der Waals surface area contributed by atoms with Crippen LogP contribution in [0.1, 0.15) is 11.1 Å². The number of ether oxygens (including phenoxy) is 1. The number of rotatable bonds is 5. The lowest BCUT2D eigenvalue weighted by molar-refractivity contribution is -0.123. The predicted octanol–water partition coefficient (Wildman–Crippen LogP) is 3.65. The monoisotopic (exact) mass is 396 g/mol. The summed E-state index contributed by atoms with van der Waals surface area (Å²) in [6, 6.07) is 10.6. The summed E-state index contributed by atoms with van der Waals surface area (Å²) in [5.74, 6) is 0.0905. The number of benzene rings is 2. The number of hydrogen-bond acceptors (Lipinski definition) is 4. The van der Waals surface area contributed by atoms with E-state index in [9.17, 15) is 9.90 Å². The Morgan fingerprint density at radius 1 is 1.43 bits per heavy atom. The normalized spacial score (nSPS) is 10.7. The molecule has 0 radical (unpaired) electrons. The van der Waals surface area contributed by atoms with Gasteiger partial charge in [-0.2, -0.15) is 5.10 Å². The van der Waals surface area contributed by atoms with Gasteiger partial charge in [-0.15, -0.1) is 0 Å². The van der Waals surface area contributed by atoms with Crippen LogP contribution in [0.15, 0.2) is 46.0 Å². The van der Waals surface area contributed by atoms with Gasteiger partial charge in [0.15, 0.2) is 6.61 Å². The highest BCUT2D eigenvalue weighted by molar-refractivity contribution is 9.10. The third-order valence-electron chi connectivity index (χ3n) is 2.81. The second-order valence-corrected chi connectivity index (χ2v) is 6.05. The van der Waals surface area contributed by atoms with E-state index < -0.39 is 5.91 Å². The van der Waals surface area contributed by atoms with Gasteiger partial charge in [-0.05, 0) is 36.8 Å². The van der Waals surface area contributed by atoms with Crippen molar-refractivity contribution in [2.75, 3.05) is 6.61 Å². The van der Waals surface area contributed by atoms with Gasteiger partial charge in [0.25, 0.3) is 5.91 Å². The van der Waals surface area contributed by atoms with Crippen molar-refractivity contribution in [3.05, 3.63) is 57.0 Å². The third-order valence-corrected chi connectivity index (χ3v) is 3.56. The van der Waals surface area contributed by atoms with Crippen molar-refractivity contribution in [2.45, 2.75) is 6.92 Å². The van der Waals surface area contributed by atoms with Gasteiger partial charge < -0.3 is 9.84 Å². The summed E-state index contributed by atoms with van der Waals surface area (Å²) < 4.78 is 6.04. The molecule has 0 aliphatic rings. The van der Waals surface area contributed by atoms with Crippen LogP contribution in [0.4, 0.5) is 0 Å². The molecule has 0 saturated carbocycles. The summed E-state index contributed by atoms with van der Waals surface area (Å²) >= 11 is 9.10. The molecule has 0 aromatic heterocycles. The number of phenols is 1. The van der Waals surface area contributed by atoms with E-state index in [1.165, 1.54) is 6.21 Å². The second kappa shape index (κ2) is 7.99. The van der Waals surface area contributed by atoms with E-state index in [-0.39, 0.29) is 17.4 Å². The molecular formula is C16H14BrClN2O3. The van der Waals surface area contributed by atoms with E-state index in [4.69, 9.17) is 16.3 Å². The number of aromatic hydroxyl groups is 1. The van der Waals surface area contributed by atoms with Gasteiger partial charge >= 0.3 is 0 Å². The largest absolute Gasteiger partial charge is 0.506 e. The minimum atomic E-state index is -0.414. The second-order valence-electron chi connectivity index (χ2n) is 4.72. The van der Waals surface area contributed by atoms with E-state index in [1.807, 2.05) is 25.1 Å². The molecule has 2 aromatic rings. The zero-order valence-electron chi connectivity index (χ0n) is 12.2. The first-order valence-corrected chi connectivity index (χ1v) is 7.82. The first-order valence-electron chi connectivity index (χ1n) is 6.65. The Balaban J connectivity index is 1.89. The summed E-state index contributed by atoms with van der Waals surface area (Å²) in [4.78, 5) is 11.7. The van der Waals surface area contributed by atoms with Crippen molar-refractivity contribution in [3.8, 4) is 11.5 Å². The Kier molecular flexibility index (Phi) is 6.01. The Morgan fingerprint density at radius 2 is 2.22 bits per heavy atom. The van der Waals surface area contributed by atoms with Crippen LogP contribution in [0.25, 0.3) is 0 Å². The third kappa shape index (κ3) is 5.26. The van der Waals surface area contributed by atoms with Crippen molar-refractivity contribution in [3.63, 3.8) is 0 Å². The number of halogens is 2. The van der Waals surface area contributed by atoms with Crippen LogP contribution in [-0.4, -0.2) is 23.8 Å². The Morgan fingerprint density at radius 3 is 2.96 bits per heavy atom. The smallest absolute Gasteiger partial charge is 0.277 e. The molecule has 0 bridgehead atoms. The number of hydrazone groups is 1. The summed E-state index contributed by atoms with van der Waals surface area (Å²) in [6.07, 6.45) is 1.30. The molecule has 0 aliphatic heterocycles. The Bertz CT molecular complexity index is 750. The number of aryl methyl sites for hydroxylation is 1. The fourth-order valence-corrected chi connectivity index (χ4v) is 2.58. The zero-order valence-corrected chi connectivity index (χ0v) is 14.6. The maximum atomic E-state index is 11.7. The van der Waals surface area contributed by atoms with Gasteiger partial charge in [0.1, 0.15) is 11.5 Å². The molecule has 0 unspecified atom stereocenters. The molecule has 0 heterocycles. The summed E-state index contributed by atoms with van der Waals surface area (Å²) in [5, 5.41) is 13.7. The number of amides is 1. The lowest BCUT2D eigenvalue weighted by atomic mass is 10.2. The van der Waals surface area contributed by atoms with Crippen molar-refractivity contribution in [1.29, 1.82) is 0 Å².